The molecule has 1 saturated carbocycles. The van der Waals surface area contributed by atoms with Crippen LogP contribution in [0.1, 0.15) is 50.6 Å². The average Bonchev–Trinajstić information content (AvgIpc) is 2.53. The zero-order chi connectivity index (χ0) is 15.2. The fourth-order valence-electron chi connectivity index (χ4n) is 3.21. The number of hydrogen-bond donors (Lipinski definition) is 2. The van der Waals surface area contributed by atoms with Crippen molar-refractivity contribution in [1.29, 1.82) is 0 Å². The largest absolute Gasteiger partial charge is 0.396 e. The van der Waals surface area contributed by atoms with Gasteiger partial charge < -0.3 is 10.4 Å². The van der Waals surface area contributed by atoms with Crippen molar-refractivity contribution in [3.63, 3.8) is 0 Å². The third kappa shape index (κ3) is 4.02. The predicted molar refractivity (Wildman–Crippen MR) is 82.1 cm³/mol. The minimum Gasteiger partial charge on any atom is -0.396 e. The zero-order valence-corrected chi connectivity index (χ0v) is 12.5. The lowest BCUT2D eigenvalue weighted by Gasteiger charge is -2.34. The van der Waals surface area contributed by atoms with E-state index in [1.54, 1.807) is 12.1 Å². The molecule has 3 unspecified atom stereocenters. The van der Waals surface area contributed by atoms with Crippen molar-refractivity contribution in [1.82, 2.24) is 5.32 Å². The van der Waals surface area contributed by atoms with E-state index in [9.17, 15) is 15.2 Å². The van der Waals surface area contributed by atoms with Crippen LogP contribution in [0.4, 0.5) is 5.69 Å². The minimum absolute atomic E-state index is 0.0991. The second-order valence-electron chi connectivity index (χ2n) is 5.81. The maximum atomic E-state index is 10.9. The van der Waals surface area contributed by atoms with Gasteiger partial charge in [0, 0.05) is 30.8 Å². The van der Waals surface area contributed by atoms with E-state index in [-0.39, 0.29) is 23.3 Å². The molecular weight excluding hydrogens is 268 g/mol. The molecule has 21 heavy (non-hydrogen) atoms. The summed E-state index contributed by atoms with van der Waals surface area (Å²) in [4.78, 5) is 10.6. The van der Waals surface area contributed by atoms with E-state index in [2.05, 4.69) is 12.2 Å². The summed E-state index contributed by atoms with van der Waals surface area (Å²) in [5.41, 5.74) is 1.09. The summed E-state index contributed by atoms with van der Waals surface area (Å²) in [7, 11) is 0. The fourth-order valence-corrected chi connectivity index (χ4v) is 3.21. The monoisotopic (exact) mass is 292 g/mol. The number of rotatable bonds is 6. The molecule has 0 aromatic heterocycles. The molecule has 0 spiro atoms. The van der Waals surface area contributed by atoms with Gasteiger partial charge in [0.05, 0.1) is 4.92 Å². The van der Waals surface area contributed by atoms with Crippen LogP contribution in [-0.4, -0.2) is 22.7 Å². The van der Waals surface area contributed by atoms with Gasteiger partial charge in [-0.1, -0.05) is 31.9 Å². The first-order valence-corrected chi connectivity index (χ1v) is 7.77. The van der Waals surface area contributed by atoms with E-state index in [1.165, 1.54) is 18.9 Å². The number of benzene rings is 1. The van der Waals surface area contributed by atoms with Crippen LogP contribution in [-0.2, 0) is 0 Å². The number of nitrogens with zero attached hydrogens (tertiary/aromatic N) is 1. The highest BCUT2D eigenvalue weighted by molar-refractivity contribution is 5.35. The normalized spacial score (nSPS) is 23.7. The molecule has 1 aromatic carbocycles. The molecule has 0 saturated heterocycles. The first-order chi connectivity index (χ1) is 10.2. The van der Waals surface area contributed by atoms with Crippen LogP contribution < -0.4 is 5.32 Å². The van der Waals surface area contributed by atoms with Gasteiger partial charge in [-0.3, -0.25) is 10.1 Å². The van der Waals surface area contributed by atoms with Crippen LogP contribution in [0.5, 0.6) is 0 Å². The minimum atomic E-state index is -0.354. The maximum absolute atomic E-state index is 10.9. The molecule has 1 aromatic rings. The SMILES string of the molecule is CCC(NC1CCCCC1CO)c1cccc([N+](=O)[O-])c1. The van der Waals surface area contributed by atoms with Gasteiger partial charge >= 0.3 is 0 Å². The van der Waals surface area contributed by atoms with E-state index >= 15 is 0 Å². The topological polar surface area (TPSA) is 75.4 Å². The fraction of sp³-hybridized carbons (Fsp3) is 0.625. The molecular formula is C16H24N2O3. The second-order valence-corrected chi connectivity index (χ2v) is 5.81. The van der Waals surface area contributed by atoms with E-state index in [1.807, 2.05) is 6.07 Å². The molecule has 0 radical (unpaired) electrons. The van der Waals surface area contributed by atoms with Gasteiger partial charge in [0.25, 0.3) is 5.69 Å². The Hall–Kier alpha value is -1.46. The third-order valence-corrected chi connectivity index (χ3v) is 4.45. The summed E-state index contributed by atoms with van der Waals surface area (Å²) < 4.78 is 0. The predicted octanol–water partition coefficient (Wildman–Crippen LogP) is 3.19. The van der Waals surface area contributed by atoms with Crippen molar-refractivity contribution >= 4 is 5.69 Å². The molecule has 0 heterocycles. The highest BCUT2D eigenvalue weighted by Crippen LogP contribution is 2.28. The van der Waals surface area contributed by atoms with Crippen LogP contribution in [0.2, 0.25) is 0 Å². The maximum Gasteiger partial charge on any atom is 0.269 e. The Bertz CT molecular complexity index is 478. The summed E-state index contributed by atoms with van der Waals surface area (Å²) in [5, 5.41) is 24.0. The lowest BCUT2D eigenvalue weighted by atomic mass is 9.84. The van der Waals surface area contributed by atoms with Crippen molar-refractivity contribution < 1.29 is 10.0 Å². The van der Waals surface area contributed by atoms with Crippen LogP contribution >= 0.6 is 0 Å². The van der Waals surface area contributed by atoms with Gasteiger partial charge in [0.2, 0.25) is 0 Å². The van der Waals surface area contributed by atoms with E-state index in [0.717, 1.165) is 24.8 Å². The Labute approximate surface area is 125 Å². The van der Waals surface area contributed by atoms with Gasteiger partial charge in [0.15, 0.2) is 0 Å². The molecule has 5 heteroatoms. The van der Waals surface area contributed by atoms with Crippen molar-refractivity contribution in [3.8, 4) is 0 Å². The molecule has 0 amide bonds. The summed E-state index contributed by atoms with van der Waals surface area (Å²) in [5.74, 6) is 0.298. The van der Waals surface area contributed by atoms with Gasteiger partial charge in [-0.2, -0.15) is 0 Å². The van der Waals surface area contributed by atoms with Gasteiger partial charge in [-0.15, -0.1) is 0 Å². The third-order valence-electron chi connectivity index (χ3n) is 4.45. The number of nitro benzene ring substituents is 1. The number of non-ortho nitro benzene ring substituents is 1. The molecule has 116 valence electrons. The van der Waals surface area contributed by atoms with Crippen molar-refractivity contribution in [2.75, 3.05) is 6.61 Å². The molecule has 2 N–H and O–H groups in total. The van der Waals surface area contributed by atoms with Crippen molar-refractivity contribution in [2.24, 2.45) is 5.92 Å². The Morgan fingerprint density at radius 3 is 2.86 bits per heavy atom. The molecule has 1 aliphatic rings. The molecule has 0 aliphatic heterocycles. The smallest absolute Gasteiger partial charge is 0.269 e. The van der Waals surface area contributed by atoms with Crippen molar-refractivity contribution in [2.45, 2.75) is 51.1 Å². The Morgan fingerprint density at radius 1 is 1.43 bits per heavy atom. The lowest BCUT2D eigenvalue weighted by molar-refractivity contribution is -0.384. The van der Waals surface area contributed by atoms with Crippen LogP contribution in [0.15, 0.2) is 24.3 Å². The number of hydrogen-bond acceptors (Lipinski definition) is 4. The Balaban J connectivity index is 2.11. The second kappa shape index (κ2) is 7.52. The highest BCUT2D eigenvalue weighted by Gasteiger charge is 2.26. The zero-order valence-electron chi connectivity index (χ0n) is 12.5. The summed E-state index contributed by atoms with van der Waals surface area (Å²) in [6.07, 6.45) is 5.35. The highest BCUT2D eigenvalue weighted by atomic mass is 16.6. The van der Waals surface area contributed by atoms with Crippen LogP contribution in [0.3, 0.4) is 0 Å². The summed E-state index contributed by atoms with van der Waals surface area (Å²) in [6.45, 7) is 2.29. The summed E-state index contributed by atoms with van der Waals surface area (Å²) >= 11 is 0. The molecule has 2 rings (SSSR count). The first-order valence-electron chi connectivity index (χ1n) is 7.77. The van der Waals surface area contributed by atoms with E-state index in [0.29, 0.717) is 12.0 Å². The van der Waals surface area contributed by atoms with Gasteiger partial charge in [-0.25, -0.2) is 0 Å². The van der Waals surface area contributed by atoms with Gasteiger partial charge in [-0.05, 0) is 30.7 Å². The van der Waals surface area contributed by atoms with E-state index in [4.69, 9.17) is 0 Å². The number of nitro groups is 1. The molecule has 1 aliphatic carbocycles. The standard InChI is InChI=1S/C16H24N2O3/c1-2-15(12-7-5-8-14(10-12)18(20)21)17-16-9-4-3-6-13(16)11-19/h5,7-8,10,13,15-17,19H,2-4,6,9,11H2,1H3. The number of aliphatic hydroxyl groups is 1. The molecule has 0 bridgehead atoms. The number of nitrogens with one attached hydrogen (secondary N) is 1. The van der Waals surface area contributed by atoms with E-state index < -0.39 is 0 Å². The van der Waals surface area contributed by atoms with Crippen LogP contribution in [0, 0.1) is 16.0 Å². The molecule has 5 nitrogen and oxygen atoms in total. The Morgan fingerprint density at radius 2 is 2.19 bits per heavy atom. The van der Waals surface area contributed by atoms with Crippen LogP contribution in [0.25, 0.3) is 0 Å². The Kier molecular flexibility index (Phi) is 5.70. The average molecular weight is 292 g/mol. The number of aliphatic hydroxyl groups excluding tert-OH is 1. The quantitative estimate of drug-likeness (QED) is 0.623. The van der Waals surface area contributed by atoms with Gasteiger partial charge in [0.1, 0.15) is 0 Å². The molecule has 3 atom stereocenters. The first kappa shape index (κ1) is 15.9. The molecule has 1 fully saturated rings. The lowest BCUT2D eigenvalue weighted by Crippen LogP contribution is -2.42. The van der Waals surface area contributed by atoms with Crippen molar-refractivity contribution in [3.05, 3.63) is 39.9 Å². The summed E-state index contributed by atoms with van der Waals surface area (Å²) in [6, 6.07) is 7.24.